The van der Waals surface area contributed by atoms with Crippen LogP contribution in [0.3, 0.4) is 0 Å². The van der Waals surface area contributed by atoms with Gasteiger partial charge in [0.1, 0.15) is 0 Å². The van der Waals surface area contributed by atoms with Crippen LogP contribution in [0.25, 0.3) is 0 Å². The molecule has 0 bridgehead atoms. The van der Waals surface area contributed by atoms with Crippen LogP contribution in [0, 0.1) is 0 Å². The van der Waals surface area contributed by atoms with Crippen LogP contribution in [0.4, 0.5) is 0 Å². The van der Waals surface area contributed by atoms with E-state index >= 15 is 0 Å². The molecule has 1 aromatic carbocycles. The van der Waals surface area contributed by atoms with Gasteiger partial charge >= 0.3 is 0 Å². The Labute approximate surface area is 121 Å². The normalized spacial score (nSPS) is 12.6. The van der Waals surface area contributed by atoms with Crippen molar-refractivity contribution < 1.29 is 0 Å². The summed E-state index contributed by atoms with van der Waals surface area (Å²) in [5.74, 6) is 1.11. The zero-order valence-corrected chi connectivity index (χ0v) is 12.8. The molecule has 2 aromatic rings. The molecule has 1 unspecified atom stereocenters. The fraction of sp³-hybridized carbons (Fsp3) is 0.462. The van der Waals surface area contributed by atoms with Gasteiger partial charge < -0.3 is 5.32 Å². The summed E-state index contributed by atoms with van der Waals surface area (Å²) in [5.41, 5.74) is 1.27. The maximum Gasteiger partial charge on any atom is 0.175 e. The SMILES string of the molecule is CCNCC(Cc1nnn(C)n1)c1ccccc1Br. The Kier molecular flexibility index (Phi) is 5.04. The highest BCUT2D eigenvalue weighted by molar-refractivity contribution is 9.10. The molecule has 0 radical (unpaired) electrons. The summed E-state index contributed by atoms with van der Waals surface area (Å²) < 4.78 is 1.13. The first-order valence-corrected chi connectivity index (χ1v) is 7.18. The van der Waals surface area contributed by atoms with Crippen molar-refractivity contribution >= 4 is 15.9 Å². The lowest BCUT2D eigenvalue weighted by Gasteiger charge is -2.17. The molecule has 0 aliphatic carbocycles. The molecule has 2 rings (SSSR count). The molecular formula is C13H18BrN5. The van der Waals surface area contributed by atoms with Gasteiger partial charge in [0.05, 0.1) is 7.05 Å². The van der Waals surface area contributed by atoms with Crippen molar-refractivity contribution in [3.8, 4) is 0 Å². The number of hydrogen-bond acceptors (Lipinski definition) is 4. The van der Waals surface area contributed by atoms with Crippen LogP contribution >= 0.6 is 15.9 Å². The lowest BCUT2D eigenvalue weighted by molar-refractivity contribution is 0.576. The molecule has 0 aliphatic rings. The molecule has 0 aliphatic heterocycles. The van der Waals surface area contributed by atoms with E-state index in [0.29, 0.717) is 5.92 Å². The lowest BCUT2D eigenvalue weighted by Crippen LogP contribution is -2.23. The van der Waals surface area contributed by atoms with Crippen molar-refractivity contribution in [2.45, 2.75) is 19.3 Å². The van der Waals surface area contributed by atoms with Gasteiger partial charge in [-0.05, 0) is 23.4 Å². The highest BCUT2D eigenvalue weighted by Gasteiger charge is 2.17. The van der Waals surface area contributed by atoms with Crippen molar-refractivity contribution in [2.24, 2.45) is 7.05 Å². The van der Waals surface area contributed by atoms with E-state index in [-0.39, 0.29) is 0 Å². The number of hydrogen-bond donors (Lipinski definition) is 1. The van der Waals surface area contributed by atoms with Crippen LogP contribution in [0.1, 0.15) is 24.2 Å². The topological polar surface area (TPSA) is 55.6 Å². The van der Waals surface area contributed by atoms with Crippen LogP contribution in [0.5, 0.6) is 0 Å². The minimum Gasteiger partial charge on any atom is -0.316 e. The number of benzene rings is 1. The van der Waals surface area contributed by atoms with Gasteiger partial charge in [-0.1, -0.05) is 41.1 Å². The minimum absolute atomic E-state index is 0.333. The standard InChI is InChI=1S/C13H18BrN5/c1-3-15-9-10(8-13-16-18-19(2)17-13)11-6-4-5-7-12(11)14/h4-7,10,15H,3,8-9H2,1-2H3. The summed E-state index contributed by atoms with van der Waals surface area (Å²) >= 11 is 3.62. The van der Waals surface area contributed by atoms with Crippen molar-refractivity contribution in [1.82, 2.24) is 25.5 Å². The highest BCUT2D eigenvalue weighted by Crippen LogP contribution is 2.26. The molecular weight excluding hydrogens is 306 g/mol. The average molecular weight is 324 g/mol. The molecule has 0 saturated carbocycles. The summed E-state index contributed by atoms with van der Waals surface area (Å²) in [5, 5.41) is 15.6. The molecule has 1 aromatic heterocycles. The summed E-state index contributed by atoms with van der Waals surface area (Å²) in [4.78, 5) is 1.50. The monoisotopic (exact) mass is 323 g/mol. The van der Waals surface area contributed by atoms with Crippen LogP contribution in [-0.4, -0.2) is 33.3 Å². The number of rotatable bonds is 6. The zero-order chi connectivity index (χ0) is 13.7. The first-order chi connectivity index (χ1) is 9.20. The number of likely N-dealkylation sites (N-methyl/N-ethyl adjacent to an activating group) is 1. The second kappa shape index (κ2) is 6.77. The van der Waals surface area contributed by atoms with E-state index in [2.05, 4.69) is 61.8 Å². The van der Waals surface area contributed by atoms with E-state index in [1.807, 2.05) is 6.07 Å². The number of halogens is 1. The van der Waals surface area contributed by atoms with Crippen LogP contribution in [0.2, 0.25) is 0 Å². The molecule has 102 valence electrons. The predicted molar refractivity (Wildman–Crippen MR) is 77.9 cm³/mol. The largest absolute Gasteiger partial charge is 0.316 e. The average Bonchev–Trinajstić information content (AvgIpc) is 2.81. The summed E-state index contributed by atoms with van der Waals surface area (Å²) in [6.07, 6.45) is 0.781. The first-order valence-electron chi connectivity index (χ1n) is 6.38. The van der Waals surface area contributed by atoms with Crippen LogP contribution in [-0.2, 0) is 13.5 Å². The third-order valence-corrected chi connectivity index (χ3v) is 3.69. The minimum atomic E-state index is 0.333. The van der Waals surface area contributed by atoms with Gasteiger partial charge in [-0.15, -0.1) is 10.2 Å². The van der Waals surface area contributed by atoms with Gasteiger partial charge in [-0.2, -0.15) is 4.80 Å². The Bertz CT molecular complexity index is 525. The van der Waals surface area contributed by atoms with Crippen molar-refractivity contribution in [2.75, 3.05) is 13.1 Å². The smallest absolute Gasteiger partial charge is 0.175 e. The van der Waals surface area contributed by atoms with Gasteiger partial charge in [-0.3, -0.25) is 0 Å². The molecule has 0 fully saturated rings. The van der Waals surface area contributed by atoms with E-state index in [1.54, 1.807) is 7.05 Å². The second-order valence-corrected chi connectivity index (χ2v) is 5.28. The van der Waals surface area contributed by atoms with Gasteiger partial charge in [-0.25, -0.2) is 0 Å². The fourth-order valence-electron chi connectivity index (χ4n) is 2.04. The Hall–Kier alpha value is -1.27. The number of aromatic nitrogens is 4. The van der Waals surface area contributed by atoms with E-state index in [4.69, 9.17) is 0 Å². The van der Waals surface area contributed by atoms with Gasteiger partial charge in [0.2, 0.25) is 0 Å². The highest BCUT2D eigenvalue weighted by atomic mass is 79.9. The van der Waals surface area contributed by atoms with Crippen molar-refractivity contribution in [1.29, 1.82) is 0 Å². The van der Waals surface area contributed by atoms with Crippen LogP contribution < -0.4 is 5.32 Å². The van der Waals surface area contributed by atoms with Crippen LogP contribution in [0.15, 0.2) is 28.7 Å². The number of tetrazole rings is 1. The molecule has 0 saturated heterocycles. The fourth-order valence-corrected chi connectivity index (χ4v) is 2.65. The Balaban J connectivity index is 2.18. The van der Waals surface area contributed by atoms with E-state index in [9.17, 15) is 0 Å². The molecule has 1 heterocycles. The van der Waals surface area contributed by atoms with Gasteiger partial charge in [0, 0.05) is 23.4 Å². The van der Waals surface area contributed by atoms with Crippen molar-refractivity contribution in [3.05, 3.63) is 40.1 Å². The van der Waals surface area contributed by atoms with Gasteiger partial charge in [0.15, 0.2) is 5.82 Å². The molecule has 1 atom stereocenters. The Morgan fingerprint density at radius 2 is 2.16 bits per heavy atom. The maximum absolute atomic E-state index is 4.27. The predicted octanol–water partition coefficient (Wildman–Crippen LogP) is 1.91. The Morgan fingerprint density at radius 1 is 1.37 bits per heavy atom. The van der Waals surface area contributed by atoms with E-state index < -0.39 is 0 Å². The summed E-state index contributed by atoms with van der Waals surface area (Å²) in [6.45, 7) is 3.96. The van der Waals surface area contributed by atoms with E-state index in [1.165, 1.54) is 10.4 Å². The van der Waals surface area contributed by atoms with Gasteiger partial charge in [0.25, 0.3) is 0 Å². The number of nitrogens with one attached hydrogen (secondary N) is 1. The molecule has 6 heteroatoms. The summed E-state index contributed by atoms with van der Waals surface area (Å²) in [7, 11) is 1.79. The number of aryl methyl sites for hydroxylation is 1. The molecule has 0 amide bonds. The Morgan fingerprint density at radius 3 is 2.79 bits per heavy atom. The molecule has 5 nitrogen and oxygen atoms in total. The third kappa shape index (κ3) is 3.84. The quantitative estimate of drug-likeness (QED) is 0.882. The van der Waals surface area contributed by atoms with E-state index in [0.717, 1.165) is 29.8 Å². The first kappa shape index (κ1) is 14.1. The maximum atomic E-state index is 4.27. The lowest BCUT2D eigenvalue weighted by atomic mass is 9.95. The molecule has 19 heavy (non-hydrogen) atoms. The summed E-state index contributed by atoms with van der Waals surface area (Å²) in [6, 6.07) is 8.29. The number of nitrogens with zero attached hydrogens (tertiary/aromatic N) is 4. The molecule has 0 spiro atoms. The zero-order valence-electron chi connectivity index (χ0n) is 11.2. The molecule has 1 N–H and O–H groups in total. The van der Waals surface area contributed by atoms with Crippen molar-refractivity contribution in [3.63, 3.8) is 0 Å². The second-order valence-electron chi connectivity index (χ2n) is 4.43. The third-order valence-electron chi connectivity index (χ3n) is 2.96.